The molecule has 101 heavy (non-hydrogen) atoms. The molecule has 0 spiro atoms. The van der Waals surface area contributed by atoms with E-state index in [2.05, 4.69) is 24.9 Å². The zero-order chi connectivity index (χ0) is 73.9. The molecule has 0 aliphatic heterocycles. The van der Waals surface area contributed by atoms with Crippen LogP contribution in [0.3, 0.4) is 0 Å². The highest BCUT2D eigenvalue weighted by Gasteiger charge is 2.22. The second kappa shape index (κ2) is 36.1. The number of hydrogen-bond donors (Lipinski definition) is 4. The number of aryl methyl sites for hydroxylation is 2. The van der Waals surface area contributed by atoms with E-state index in [0.717, 1.165) is 63.5 Å². The second-order valence-corrected chi connectivity index (χ2v) is 26.5. The fraction of sp³-hybridized carbons (Fsp3) is 0.217. The van der Waals surface area contributed by atoms with E-state index in [0.29, 0.717) is 29.0 Å². The average Bonchev–Trinajstić information content (AvgIpc) is 1.71. The largest absolute Gasteiger partial charge is 0.505 e. The maximum absolute atomic E-state index is 14.4. The Balaban J connectivity index is 0.000000228. The number of nitrogens with two attached hydrogens (primary N) is 2. The summed E-state index contributed by atoms with van der Waals surface area (Å²) in [7, 11) is -2.91. The van der Waals surface area contributed by atoms with Crippen molar-refractivity contribution >= 4 is 80.3 Å². The summed E-state index contributed by atoms with van der Waals surface area (Å²) in [6.45, 7) is 17.9. The number of benzene rings is 7. The van der Waals surface area contributed by atoms with Gasteiger partial charge in [0.1, 0.15) is 11.6 Å². The molecule has 6 N–H and O–H groups in total. The normalized spacial score (nSPS) is 10.9. The summed E-state index contributed by atoms with van der Waals surface area (Å²) in [5.41, 5.74) is 15.9. The maximum Gasteiger partial charge on any atom is 0.272 e. The fourth-order valence-corrected chi connectivity index (χ4v) is 10.4. The minimum Gasteiger partial charge on any atom is -0.505 e. The Bertz CT molecular complexity index is 4910. The number of phenols is 1. The van der Waals surface area contributed by atoms with Crippen molar-refractivity contribution in [3.8, 4) is 40.1 Å². The van der Waals surface area contributed by atoms with Gasteiger partial charge in [-0.25, -0.2) is 48.2 Å². The molecule has 0 saturated carbocycles. The summed E-state index contributed by atoms with van der Waals surface area (Å²) >= 11 is 0. The van der Waals surface area contributed by atoms with Crippen molar-refractivity contribution < 1.29 is 72.7 Å². The third kappa shape index (κ3) is 23.5. The summed E-state index contributed by atoms with van der Waals surface area (Å²) in [5.74, 6) is -3.04. The molecule has 0 atom stereocenters. The molecule has 536 valence electrons. The first-order valence-corrected chi connectivity index (χ1v) is 33.7. The number of pyridine rings is 2. The summed E-state index contributed by atoms with van der Waals surface area (Å²) in [6.07, 6.45) is 2.87. The highest BCUT2D eigenvalue weighted by molar-refractivity contribution is 8.13. The lowest BCUT2D eigenvalue weighted by Crippen LogP contribution is -2.16. The van der Waals surface area contributed by atoms with Gasteiger partial charge in [-0.1, -0.05) is 19.6 Å². The average molecular weight is 1460 g/mol. The molecule has 0 unspecified atom stereocenters. The minimum atomic E-state index is -4.07. The molecule has 0 radical (unpaired) electrons. The van der Waals surface area contributed by atoms with Crippen LogP contribution < -0.4 is 35.1 Å². The van der Waals surface area contributed by atoms with E-state index >= 15 is 0 Å². The van der Waals surface area contributed by atoms with Crippen molar-refractivity contribution in [2.45, 2.75) is 111 Å². The molecule has 11 aromatic rings. The number of nitrogen functional groups attached to an aromatic ring is 2. The number of nitrogens with one attached hydrogen (secondary N) is 1. The SMILES string of the molecule is C.CC(C)Oc1ccc(N)cc1F.CC(C)Oc1ccc(S(=O)(=O)Cl)cc1F.CC(C)Oc1ccc([N+](=O)[O-])cc1F.Cc1cc(N)n(-c2cccc3ncccc23)n1.Cc1cc(NS(=O)(=O)c2ccc(OC(C)C)c(F)c2)n(-c2cccc3ncccc23)n1.O=[N+]([O-])c1ccc(O)c(F)c1. The summed E-state index contributed by atoms with van der Waals surface area (Å²) in [4.78, 5) is 27.1. The van der Waals surface area contributed by atoms with Crippen LogP contribution in [0.25, 0.3) is 33.2 Å². The number of non-ortho nitro benzene ring substituents is 2. The highest BCUT2D eigenvalue weighted by atomic mass is 35.7. The number of phenolic OH excluding ortho intramolecular Hbond substituents is 1. The van der Waals surface area contributed by atoms with Gasteiger partial charge >= 0.3 is 0 Å². The van der Waals surface area contributed by atoms with Crippen LogP contribution in [-0.2, 0) is 19.1 Å². The third-order valence-electron chi connectivity index (χ3n) is 12.7. The van der Waals surface area contributed by atoms with Crippen LogP contribution >= 0.6 is 10.7 Å². The molecule has 32 heteroatoms. The standard InChI is InChI=1S/C22H21FN4O3S.C13H12N4.C9H10ClFO3S.C9H10FNO3.C9H12FNO.C6H4FNO3.CH4/c1-14(2)30-21-10-9-16(13-18(21)23)31(28,29)26-22-12-15(3)25-27(22)20-8-4-7-19-17(20)6-5-11-24-19;1-9-8-13(14)17(16-9)12-6-2-5-11-10(12)4-3-7-15-11;1-6(2)14-9-4-3-7(5-8(9)11)15(10,12)13;1-6(2)14-9-4-3-7(11(12)13)5-8(9)10;1-6(2)12-9-4-3-7(11)5-8(9)10;7-5-3-4(8(10)11)1-2-6(5)9;/h4-14,26H,1-3H3;2-8H,14H2,1H3;3-6H,1-2H3;3-6H,1-2H3;3-6H,11H2,1-2H3;1-3,9H;1H4. The van der Waals surface area contributed by atoms with Crippen LogP contribution in [0.1, 0.15) is 74.2 Å². The number of fused-ring (bicyclic) bond motifs is 2. The molecule has 0 fully saturated rings. The monoisotopic (exact) mass is 1460 g/mol. The molecule has 4 heterocycles. The Morgan fingerprint density at radius 2 is 0.901 bits per heavy atom. The van der Waals surface area contributed by atoms with Crippen molar-refractivity contribution in [2.75, 3.05) is 16.2 Å². The lowest BCUT2D eigenvalue weighted by Gasteiger charge is -2.14. The number of nitro benzene ring substituents is 2. The number of anilines is 3. The topological polar surface area (TPSA) is 337 Å². The first-order valence-electron chi connectivity index (χ1n) is 29.9. The van der Waals surface area contributed by atoms with Gasteiger partial charge in [0, 0.05) is 69.9 Å². The van der Waals surface area contributed by atoms with E-state index < -0.39 is 63.8 Å². The van der Waals surface area contributed by atoms with Gasteiger partial charge in [0.05, 0.1) is 90.0 Å². The Labute approximate surface area is 583 Å². The van der Waals surface area contributed by atoms with E-state index in [9.17, 15) is 59.0 Å². The molecule has 0 bridgehead atoms. The summed E-state index contributed by atoms with van der Waals surface area (Å²) < 4.78 is 140. The number of nitro groups is 2. The summed E-state index contributed by atoms with van der Waals surface area (Å²) in [5, 5.41) is 39.6. The highest BCUT2D eigenvalue weighted by Crippen LogP contribution is 2.31. The lowest BCUT2D eigenvalue weighted by atomic mass is 10.2. The summed E-state index contributed by atoms with van der Waals surface area (Å²) in [6, 6.07) is 39.7. The number of aromatic hydroxyl groups is 1. The molecule has 0 amide bonds. The van der Waals surface area contributed by atoms with Crippen LogP contribution in [0.2, 0.25) is 0 Å². The molecule has 0 aliphatic carbocycles. The number of hydrogen-bond acceptors (Lipinski definition) is 19. The smallest absolute Gasteiger partial charge is 0.272 e. The third-order valence-corrected chi connectivity index (χ3v) is 15.4. The van der Waals surface area contributed by atoms with Gasteiger partial charge in [-0.2, -0.15) is 10.2 Å². The molecule has 4 aromatic heterocycles. The molecular formula is C69H73ClF5N11O13S2. The zero-order valence-corrected chi connectivity index (χ0v) is 57.6. The number of halogens is 6. The number of aromatic nitrogens is 6. The number of ether oxygens (including phenoxy) is 4. The first kappa shape index (κ1) is 80.5. The number of nitrogens with zero attached hydrogens (tertiary/aromatic N) is 8. The Kier molecular flexibility index (Phi) is 28.7. The van der Waals surface area contributed by atoms with Crippen molar-refractivity contribution in [1.29, 1.82) is 0 Å². The second-order valence-electron chi connectivity index (χ2n) is 22.2. The van der Waals surface area contributed by atoms with E-state index in [1.807, 2.05) is 81.4 Å². The quantitative estimate of drug-likeness (QED) is 0.0229. The van der Waals surface area contributed by atoms with E-state index in [1.165, 1.54) is 53.2 Å². The van der Waals surface area contributed by atoms with Gasteiger partial charge in [-0.3, -0.25) is 34.9 Å². The number of rotatable bonds is 16. The van der Waals surface area contributed by atoms with Gasteiger partial charge in [-0.05, 0) is 178 Å². The molecule has 24 nitrogen and oxygen atoms in total. The van der Waals surface area contributed by atoms with Crippen LogP contribution in [0.4, 0.5) is 50.6 Å². The van der Waals surface area contributed by atoms with Crippen molar-refractivity contribution in [2.24, 2.45) is 0 Å². The van der Waals surface area contributed by atoms with Crippen molar-refractivity contribution in [3.05, 3.63) is 237 Å². The number of sulfonamides is 1. The first-order chi connectivity index (χ1) is 47.0. The Morgan fingerprint density at radius 3 is 1.32 bits per heavy atom. The van der Waals surface area contributed by atoms with Crippen LogP contribution in [-0.4, -0.2) is 85.7 Å². The lowest BCUT2D eigenvalue weighted by molar-refractivity contribution is -0.385. The van der Waals surface area contributed by atoms with E-state index in [4.69, 9.17) is 46.2 Å². The van der Waals surface area contributed by atoms with Crippen LogP contribution in [0, 0.1) is 63.2 Å². The van der Waals surface area contributed by atoms with Crippen LogP contribution in [0.15, 0.2) is 186 Å². The van der Waals surface area contributed by atoms with Gasteiger partial charge in [0.15, 0.2) is 57.8 Å². The predicted octanol–water partition coefficient (Wildman–Crippen LogP) is 16.1. The van der Waals surface area contributed by atoms with Gasteiger partial charge in [-0.15, -0.1) is 0 Å². The zero-order valence-electron chi connectivity index (χ0n) is 55.2. The van der Waals surface area contributed by atoms with Gasteiger partial charge in [0.2, 0.25) is 0 Å². The molecule has 11 rings (SSSR count). The predicted molar refractivity (Wildman–Crippen MR) is 377 cm³/mol. The fourth-order valence-electron chi connectivity index (χ4n) is 8.62. The van der Waals surface area contributed by atoms with E-state index in [-0.39, 0.29) is 81.8 Å². The minimum absolute atomic E-state index is 0. The van der Waals surface area contributed by atoms with Crippen molar-refractivity contribution in [1.82, 2.24) is 29.5 Å². The van der Waals surface area contributed by atoms with Crippen molar-refractivity contribution in [3.63, 3.8) is 0 Å². The Morgan fingerprint density at radius 1 is 0.505 bits per heavy atom. The molecule has 0 aliphatic rings. The van der Waals surface area contributed by atoms with Gasteiger partial charge in [0.25, 0.3) is 30.4 Å². The van der Waals surface area contributed by atoms with Crippen LogP contribution in [0.5, 0.6) is 28.7 Å². The Hall–Kier alpha value is -11.2. The molecular weight excluding hydrogens is 1390 g/mol. The maximum atomic E-state index is 14.4. The van der Waals surface area contributed by atoms with Gasteiger partial charge < -0.3 is 35.5 Å². The van der Waals surface area contributed by atoms with E-state index in [1.54, 1.807) is 83.7 Å². The molecule has 7 aromatic carbocycles. The molecule has 0 saturated heterocycles.